The largest absolute Gasteiger partial charge is 0.573 e. The molecule has 0 saturated heterocycles. The quantitative estimate of drug-likeness (QED) is 0.220. The molecule has 2 aromatic heterocycles. The van der Waals surface area contributed by atoms with E-state index in [9.17, 15) is 18.0 Å². The Kier molecular flexibility index (Phi) is 7.62. The minimum atomic E-state index is -4.75. The molecule has 0 spiro atoms. The van der Waals surface area contributed by atoms with Gasteiger partial charge in [0, 0.05) is 28.6 Å². The summed E-state index contributed by atoms with van der Waals surface area (Å²) in [5, 5.41) is 9.51. The summed E-state index contributed by atoms with van der Waals surface area (Å²) in [7, 11) is 0. The van der Waals surface area contributed by atoms with Gasteiger partial charge in [0.2, 0.25) is 0 Å². The van der Waals surface area contributed by atoms with E-state index in [0.29, 0.717) is 16.3 Å². The van der Waals surface area contributed by atoms with Gasteiger partial charge in [0.25, 0.3) is 0 Å². The second-order valence-corrected chi connectivity index (χ2v) is 11.8. The first-order chi connectivity index (χ1) is 20.9. The number of hydrogen-bond donors (Lipinski definition) is 1. The summed E-state index contributed by atoms with van der Waals surface area (Å²) >= 11 is 1.44. The number of alkyl halides is 3. The van der Waals surface area contributed by atoms with E-state index in [1.54, 1.807) is 0 Å². The minimum Gasteiger partial charge on any atom is -0.406 e. The number of aromatic nitrogens is 4. The van der Waals surface area contributed by atoms with Crippen LogP contribution < -0.4 is 14.9 Å². The lowest BCUT2D eigenvalue weighted by Crippen LogP contribution is -2.27. The maximum atomic E-state index is 12.9. The molecule has 12 heteroatoms. The zero-order valence-electron chi connectivity index (χ0n) is 24.4. The van der Waals surface area contributed by atoms with E-state index in [4.69, 9.17) is 0 Å². The molecular weight excluding hydrogens is 589 g/mol. The molecule has 6 rings (SSSR count). The molecule has 2 amide bonds. The molecule has 3 aromatic carbocycles. The molecule has 8 nitrogen and oxygen atoms in total. The monoisotopic (exact) mass is 618 g/mol. The lowest BCUT2D eigenvalue weighted by Gasteiger charge is -2.14. The van der Waals surface area contributed by atoms with Gasteiger partial charge in [-0.15, -0.1) is 29.6 Å². The molecule has 226 valence electrons. The molecule has 5 aromatic rings. The number of benzene rings is 3. The Balaban J connectivity index is 1.10. The number of urea groups is 1. The molecule has 1 fully saturated rings. The van der Waals surface area contributed by atoms with Gasteiger partial charge in [-0.25, -0.2) is 14.5 Å². The second kappa shape index (κ2) is 11.4. The van der Waals surface area contributed by atoms with Gasteiger partial charge in [0.15, 0.2) is 10.6 Å². The topological polar surface area (TPSA) is 86.3 Å². The Morgan fingerprint density at radius 2 is 1.70 bits per heavy atom. The molecule has 2 atom stereocenters. The maximum absolute atomic E-state index is 12.9. The van der Waals surface area contributed by atoms with Crippen LogP contribution in [0.1, 0.15) is 40.3 Å². The first-order valence-electron chi connectivity index (χ1n) is 13.9. The summed E-state index contributed by atoms with van der Waals surface area (Å²) in [5.74, 6) is 0.355. The van der Waals surface area contributed by atoms with E-state index in [1.165, 1.54) is 52.2 Å². The molecule has 0 bridgehead atoms. The van der Waals surface area contributed by atoms with Crippen LogP contribution in [-0.2, 0) is 0 Å². The van der Waals surface area contributed by atoms with Crippen LogP contribution >= 0.6 is 11.3 Å². The van der Waals surface area contributed by atoms with Gasteiger partial charge in [-0.05, 0) is 75.1 Å². The maximum Gasteiger partial charge on any atom is 0.573 e. The minimum absolute atomic E-state index is 0.00362. The van der Waals surface area contributed by atoms with Gasteiger partial charge >= 0.3 is 12.4 Å². The Morgan fingerprint density at radius 1 is 1.02 bits per heavy atom. The van der Waals surface area contributed by atoms with Crippen molar-refractivity contribution < 1.29 is 22.7 Å². The number of nitrogens with zero attached hydrogens (tertiary/aromatic N) is 5. The third-order valence-electron chi connectivity index (χ3n) is 7.46. The van der Waals surface area contributed by atoms with Gasteiger partial charge < -0.3 is 10.1 Å². The van der Waals surface area contributed by atoms with E-state index < -0.39 is 6.36 Å². The van der Waals surface area contributed by atoms with E-state index >= 15 is 0 Å². The van der Waals surface area contributed by atoms with Gasteiger partial charge in [0.1, 0.15) is 12.1 Å². The highest BCUT2D eigenvalue weighted by atomic mass is 32.1. The van der Waals surface area contributed by atoms with Crippen molar-refractivity contribution in [2.24, 2.45) is 4.99 Å². The molecule has 1 saturated carbocycles. The number of carbonyl (C=O) groups excluding carboxylic acids is 1. The van der Waals surface area contributed by atoms with Crippen LogP contribution in [0.5, 0.6) is 5.75 Å². The zero-order valence-corrected chi connectivity index (χ0v) is 25.2. The number of carbonyl (C=O) groups is 1. The van der Waals surface area contributed by atoms with Crippen molar-refractivity contribution in [2.75, 3.05) is 0 Å². The molecule has 2 heterocycles. The second-order valence-electron chi connectivity index (χ2n) is 10.9. The number of aryl methyl sites for hydroxylation is 4. The number of halogens is 3. The summed E-state index contributed by atoms with van der Waals surface area (Å²) in [5.41, 5.74) is 7.96. The SMILES string of the molecule is Cc1cc(C)c(-n2c(C)cs/c2=N\C(=O)NC2CC2c2ccc(-c3ncn(-c4ccc(OC(F)(F)F)cc4)n3)cc2)c(C)c1. The Hall–Kier alpha value is -4.71. The van der Waals surface area contributed by atoms with Gasteiger partial charge in [-0.1, -0.05) is 42.0 Å². The van der Waals surface area contributed by atoms with Crippen molar-refractivity contribution in [2.45, 2.75) is 52.4 Å². The highest BCUT2D eigenvalue weighted by Crippen LogP contribution is 2.41. The van der Waals surface area contributed by atoms with Crippen molar-refractivity contribution in [1.82, 2.24) is 24.6 Å². The molecule has 1 aliphatic rings. The molecule has 0 aliphatic heterocycles. The van der Waals surface area contributed by atoms with Crippen LogP contribution in [0.4, 0.5) is 18.0 Å². The smallest absolute Gasteiger partial charge is 0.406 e. The van der Waals surface area contributed by atoms with Crippen LogP contribution in [0, 0.1) is 27.7 Å². The van der Waals surface area contributed by atoms with Crippen molar-refractivity contribution >= 4 is 17.4 Å². The molecule has 1 N–H and O–H groups in total. The highest BCUT2D eigenvalue weighted by Gasteiger charge is 2.39. The van der Waals surface area contributed by atoms with Crippen LogP contribution in [0.25, 0.3) is 22.8 Å². The summed E-state index contributed by atoms with van der Waals surface area (Å²) < 4.78 is 44.7. The fourth-order valence-corrected chi connectivity index (χ4v) is 6.33. The van der Waals surface area contributed by atoms with Crippen LogP contribution in [-0.4, -0.2) is 37.8 Å². The van der Waals surface area contributed by atoms with E-state index in [1.807, 2.05) is 41.1 Å². The normalized spacial score (nSPS) is 16.7. The third-order valence-corrected chi connectivity index (χ3v) is 8.40. The summed E-state index contributed by atoms with van der Waals surface area (Å²) in [6.45, 7) is 8.23. The summed E-state index contributed by atoms with van der Waals surface area (Å²) in [4.78, 5) is 22.3. The van der Waals surface area contributed by atoms with Crippen LogP contribution in [0.15, 0.2) is 77.4 Å². The summed E-state index contributed by atoms with van der Waals surface area (Å²) in [6.07, 6.45) is -2.43. The van der Waals surface area contributed by atoms with Crippen LogP contribution in [0.2, 0.25) is 0 Å². The lowest BCUT2D eigenvalue weighted by molar-refractivity contribution is -0.274. The zero-order chi connectivity index (χ0) is 31.2. The van der Waals surface area contributed by atoms with Gasteiger partial charge in [-0.2, -0.15) is 4.99 Å². The van der Waals surface area contributed by atoms with Gasteiger partial charge in [-0.3, -0.25) is 4.57 Å². The number of rotatable bonds is 6. The van der Waals surface area contributed by atoms with Crippen molar-refractivity contribution in [3.8, 4) is 28.5 Å². The first-order valence-corrected chi connectivity index (χ1v) is 14.8. The van der Waals surface area contributed by atoms with Crippen molar-refractivity contribution in [1.29, 1.82) is 0 Å². The molecule has 1 aliphatic carbocycles. The summed E-state index contributed by atoms with van der Waals surface area (Å²) in [6, 6.07) is 17.1. The Bertz CT molecular complexity index is 1880. The lowest BCUT2D eigenvalue weighted by atomic mass is 10.0. The molecular formula is C32H29F3N6O2S. The third kappa shape index (κ3) is 6.30. The van der Waals surface area contributed by atoms with Gasteiger partial charge in [0.05, 0.1) is 11.4 Å². The fraction of sp³-hybridized carbons (Fsp3) is 0.250. The first kappa shape index (κ1) is 29.4. The van der Waals surface area contributed by atoms with E-state index in [2.05, 4.69) is 58.0 Å². The number of thiazole rings is 1. The molecule has 0 radical (unpaired) electrons. The average Bonchev–Trinajstić information content (AvgIpc) is 3.36. The highest BCUT2D eigenvalue weighted by molar-refractivity contribution is 7.07. The number of amides is 2. The predicted molar refractivity (Wildman–Crippen MR) is 161 cm³/mol. The number of hydrogen-bond acceptors (Lipinski definition) is 5. The standard InChI is InChI=1S/C32H29F3N6O2S/c1-18-13-19(2)28(20(3)14-18)41-21(4)16-44-31(41)38-30(42)37-27-15-26(27)22-5-7-23(8-6-22)29-36-17-40(39-29)24-9-11-25(12-10-24)43-32(33,34)35/h5-14,16-17,26-27H,15H2,1-4H3,(H,37,42)/b38-31-. The van der Waals surface area contributed by atoms with Crippen LogP contribution in [0.3, 0.4) is 0 Å². The predicted octanol–water partition coefficient (Wildman–Crippen LogP) is 7.09. The van der Waals surface area contributed by atoms with E-state index in [0.717, 1.165) is 40.1 Å². The van der Waals surface area contributed by atoms with Crippen molar-refractivity contribution in [3.05, 3.63) is 105 Å². The average molecular weight is 619 g/mol. The fourth-order valence-electron chi connectivity index (χ4n) is 5.47. The number of nitrogens with one attached hydrogen (secondary N) is 1. The van der Waals surface area contributed by atoms with Crippen molar-refractivity contribution in [3.63, 3.8) is 0 Å². The Morgan fingerprint density at radius 3 is 2.36 bits per heavy atom. The molecule has 2 unspecified atom stereocenters. The molecule has 44 heavy (non-hydrogen) atoms. The number of ether oxygens (including phenoxy) is 1. The van der Waals surface area contributed by atoms with E-state index in [-0.39, 0.29) is 23.7 Å². The Labute approximate surface area is 255 Å².